The van der Waals surface area contributed by atoms with Crippen molar-refractivity contribution in [1.29, 1.82) is 0 Å². The summed E-state index contributed by atoms with van der Waals surface area (Å²) in [6.07, 6.45) is 4.29. The van der Waals surface area contributed by atoms with E-state index in [1.165, 1.54) is 0 Å². The van der Waals surface area contributed by atoms with Gasteiger partial charge in [0.2, 0.25) is 11.5 Å². The van der Waals surface area contributed by atoms with Gasteiger partial charge in [-0.1, -0.05) is 32.8 Å². The number of hydrogen-bond acceptors (Lipinski definition) is 2. The first kappa shape index (κ1) is 15.3. The van der Waals surface area contributed by atoms with Crippen LogP contribution >= 0.6 is 0 Å². The number of nitrogens with one attached hydrogen (secondary N) is 2. The number of anilines is 1. The maximum atomic E-state index is 11.8. The Morgan fingerprint density at radius 2 is 2.00 bits per heavy atom. The van der Waals surface area contributed by atoms with Crippen LogP contribution in [0.4, 0.5) is 5.69 Å². The Bertz CT molecular complexity index is 689. The Hall–Kier alpha value is -2.10. The summed E-state index contributed by atoms with van der Waals surface area (Å²) >= 11 is 0. The fourth-order valence-electron chi connectivity index (χ4n) is 2.45. The predicted octanol–water partition coefficient (Wildman–Crippen LogP) is 3.61. The minimum Gasteiger partial charge on any atom is -0.326 e. The van der Waals surface area contributed by atoms with Crippen molar-refractivity contribution in [1.82, 2.24) is 4.98 Å². The fourth-order valence-corrected chi connectivity index (χ4v) is 2.45. The van der Waals surface area contributed by atoms with Crippen molar-refractivity contribution in [2.24, 2.45) is 0 Å². The van der Waals surface area contributed by atoms with Crippen LogP contribution in [0.1, 0.15) is 45.1 Å². The molecule has 0 fully saturated rings. The maximum absolute atomic E-state index is 11.8. The second-order valence-corrected chi connectivity index (χ2v) is 5.32. The van der Waals surface area contributed by atoms with E-state index in [-0.39, 0.29) is 11.5 Å². The van der Waals surface area contributed by atoms with E-state index in [1.54, 1.807) is 6.07 Å². The molecule has 4 heteroatoms. The Morgan fingerprint density at radius 3 is 2.71 bits per heavy atom. The van der Waals surface area contributed by atoms with Crippen LogP contribution in [0.3, 0.4) is 0 Å². The van der Waals surface area contributed by atoms with E-state index in [1.807, 2.05) is 18.2 Å². The number of amides is 1. The summed E-state index contributed by atoms with van der Waals surface area (Å²) in [5.74, 6) is 0.0169. The van der Waals surface area contributed by atoms with Crippen molar-refractivity contribution >= 4 is 22.5 Å². The van der Waals surface area contributed by atoms with Crippen molar-refractivity contribution < 1.29 is 4.79 Å². The molecule has 0 aliphatic heterocycles. The van der Waals surface area contributed by atoms with E-state index in [0.29, 0.717) is 6.42 Å². The number of pyridine rings is 1. The molecule has 1 heterocycles. The second-order valence-electron chi connectivity index (χ2n) is 5.32. The van der Waals surface area contributed by atoms with E-state index in [4.69, 9.17) is 0 Å². The van der Waals surface area contributed by atoms with E-state index in [0.717, 1.165) is 47.8 Å². The Labute approximate surface area is 124 Å². The molecular formula is C17H22N2O2. The summed E-state index contributed by atoms with van der Waals surface area (Å²) in [7, 11) is 0. The molecule has 1 aromatic carbocycles. The molecule has 0 bridgehead atoms. The Balaban J connectivity index is 2.29. The van der Waals surface area contributed by atoms with Gasteiger partial charge < -0.3 is 10.3 Å². The van der Waals surface area contributed by atoms with Gasteiger partial charge in [0.1, 0.15) is 0 Å². The highest BCUT2D eigenvalue weighted by molar-refractivity contribution is 5.94. The van der Waals surface area contributed by atoms with Crippen molar-refractivity contribution in [2.75, 3.05) is 5.32 Å². The fraction of sp³-hybridized carbons (Fsp3) is 0.412. The topological polar surface area (TPSA) is 62.0 Å². The van der Waals surface area contributed by atoms with Crippen LogP contribution in [0.5, 0.6) is 0 Å². The molecule has 0 saturated heterocycles. The highest BCUT2D eigenvalue weighted by atomic mass is 16.1. The van der Waals surface area contributed by atoms with Crippen LogP contribution < -0.4 is 10.9 Å². The molecule has 0 aliphatic carbocycles. The first-order valence-corrected chi connectivity index (χ1v) is 7.59. The molecule has 0 aliphatic rings. The molecule has 1 amide bonds. The summed E-state index contributed by atoms with van der Waals surface area (Å²) in [4.78, 5) is 26.3. The molecule has 2 aromatic rings. The average molecular weight is 286 g/mol. The molecule has 21 heavy (non-hydrogen) atoms. The number of rotatable bonds is 6. The van der Waals surface area contributed by atoms with Gasteiger partial charge in [-0.3, -0.25) is 9.59 Å². The van der Waals surface area contributed by atoms with Gasteiger partial charge >= 0.3 is 0 Å². The smallest absolute Gasteiger partial charge is 0.248 e. The largest absolute Gasteiger partial charge is 0.326 e. The molecule has 1 aromatic heterocycles. The summed E-state index contributed by atoms with van der Waals surface area (Å²) in [5, 5.41) is 3.92. The predicted molar refractivity (Wildman–Crippen MR) is 86.7 cm³/mol. The van der Waals surface area contributed by atoms with Gasteiger partial charge in [0.05, 0.1) is 5.52 Å². The van der Waals surface area contributed by atoms with Gasteiger partial charge in [-0.2, -0.15) is 0 Å². The monoisotopic (exact) mass is 286 g/mol. The second kappa shape index (κ2) is 7.07. The van der Waals surface area contributed by atoms with Gasteiger partial charge in [-0.25, -0.2) is 0 Å². The standard InChI is InChI=1S/C17H22N2O2/c1-3-5-7-16(20)18-13-8-9-14-12(6-4-2)10-17(21)19-15(14)11-13/h8-11H,3-7H2,1-2H3,(H,18,20)(H,19,21). The maximum Gasteiger partial charge on any atom is 0.248 e. The third-order valence-electron chi connectivity index (χ3n) is 3.49. The van der Waals surface area contributed by atoms with Crippen molar-refractivity contribution in [2.45, 2.75) is 46.0 Å². The van der Waals surface area contributed by atoms with Crippen molar-refractivity contribution in [3.63, 3.8) is 0 Å². The van der Waals surface area contributed by atoms with Crippen LogP contribution in [0.25, 0.3) is 10.9 Å². The summed E-state index contributed by atoms with van der Waals surface area (Å²) in [6, 6.07) is 7.35. The van der Waals surface area contributed by atoms with E-state index in [9.17, 15) is 9.59 Å². The number of H-pyrrole nitrogens is 1. The SMILES string of the molecule is CCCCC(=O)Nc1ccc2c(CCC)cc(=O)[nH]c2c1. The van der Waals surface area contributed by atoms with Crippen molar-refractivity contribution in [3.05, 3.63) is 40.2 Å². The molecule has 2 rings (SSSR count). The van der Waals surface area contributed by atoms with Gasteiger partial charge in [0.25, 0.3) is 0 Å². The summed E-state index contributed by atoms with van der Waals surface area (Å²) in [6.45, 7) is 4.15. The molecule has 0 spiro atoms. The van der Waals surface area contributed by atoms with Gasteiger partial charge in [-0.05, 0) is 30.5 Å². The molecule has 0 atom stereocenters. The van der Waals surface area contributed by atoms with Crippen LogP contribution in [0, 0.1) is 0 Å². The zero-order valence-electron chi connectivity index (χ0n) is 12.7. The number of aromatic nitrogens is 1. The van der Waals surface area contributed by atoms with E-state index in [2.05, 4.69) is 24.1 Å². The van der Waals surface area contributed by atoms with Crippen molar-refractivity contribution in [3.8, 4) is 0 Å². The number of unbranched alkanes of at least 4 members (excludes halogenated alkanes) is 1. The Kier molecular flexibility index (Phi) is 5.14. The van der Waals surface area contributed by atoms with Crippen LogP contribution in [-0.4, -0.2) is 10.9 Å². The average Bonchev–Trinajstić information content (AvgIpc) is 2.45. The van der Waals surface area contributed by atoms with Crippen LogP contribution in [-0.2, 0) is 11.2 Å². The molecule has 0 radical (unpaired) electrons. The normalized spacial score (nSPS) is 10.8. The third kappa shape index (κ3) is 3.94. The first-order valence-electron chi connectivity index (χ1n) is 7.59. The lowest BCUT2D eigenvalue weighted by atomic mass is 10.0. The zero-order chi connectivity index (χ0) is 15.2. The van der Waals surface area contributed by atoms with Crippen LogP contribution in [0.15, 0.2) is 29.1 Å². The van der Waals surface area contributed by atoms with Gasteiger partial charge in [0.15, 0.2) is 0 Å². The third-order valence-corrected chi connectivity index (χ3v) is 3.49. The first-order chi connectivity index (χ1) is 10.1. The quantitative estimate of drug-likeness (QED) is 0.852. The molecule has 2 N–H and O–H groups in total. The highest BCUT2D eigenvalue weighted by Gasteiger charge is 2.06. The molecular weight excluding hydrogens is 264 g/mol. The number of hydrogen-bond donors (Lipinski definition) is 2. The van der Waals surface area contributed by atoms with Crippen LogP contribution in [0.2, 0.25) is 0 Å². The van der Waals surface area contributed by atoms with Gasteiger partial charge in [0, 0.05) is 23.6 Å². The summed E-state index contributed by atoms with van der Waals surface area (Å²) in [5.41, 5.74) is 2.47. The molecule has 4 nitrogen and oxygen atoms in total. The highest BCUT2D eigenvalue weighted by Crippen LogP contribution is 2.21. The number of aryl methyl sites for hydroxylation is 1. The molecule has 112 valence electrons. The number of carbonyl (C=O) groups is 1. The van der Waals surface area contributed by atoms with E-state index >= 15 is 0 Å². The Morgan fingerprint density at radius 1 is 1.19 bits per heavy atom. The lowest BCUT2D eigenvalue weighted by Gasteiger charge is -2.09. The number of aromatic amines is 1. The lowest BCUT2D eigenvalue weighted by Crippen LogP contribution is -2.11. The number of fused-ring (bicyclic) bond motifs is 1. The van der Waals surface area contributed by atoms with Gasteiger partial charge in [-0.15, -0.1) is 0 Å². The minimum absolute atomic E-state index is 0.0169. The molecule has 0 saturated carbocycles. The zero-order valence-corrected chi connectivity index (χ0v) is 12.7. The summed E-state index contributed by atoms with van der Waals surface area (Å²) < 4.78 is 0. The van der Waals surface area contributed by atoms with E-state index < -0.39 is 0 Å². The molecule has 0 unspecified atom stereocenters. The minimum atomic E-state index is -0.0968. The number of benzene rings is 1. The lowest BCUT2D eigenvalue weighted by molar-refractivity contribution is -0.116. The number of carbonyl (C=O) groups excluding carboxylic acids is 1.